The van der Waals surface area contributed by atoms with Crippen LogP contribution in [0.4, 0.5) is 0 Å². The number of methoxy groups -OCH3 is 1. The standard InChI is InChI=1S/C32H42N2O6/c1-4-6-9-19-30(37)40-31(26-17-12-8-13-18-26)28(24-39-3)33-32(38)27(14-5-2)22-29(36)34(20-21-35)23-25-15-10-7-11-16-25/h4-5,7-8,10-13,15-18,27-28,31,35H,1-2,6,9,14,19-24H2,3H3,(H,33,38). The molecule has 0 aliphatic heterocycles. The molecule has 0 heterocycles. The first kappa shape index (κ1) is 32.5. The summed E-state index contributed by atoms with van der Waals surface area (Å²) in [6.07, 6.45) is 4.29. The fourth-order valence-corrected chi connectivity index (χ4v) is 4.34. The van der Waals surface area contributed by atoms with E-state index in [1.807, 2.05) is 60.7 Å². The first-order chi connectivity index (χ1) is 19.4. The average Bonchev–Trinajstić information content (AvgIpc) is 2.96. The Morgan fingerprint density at radius 1 is 1.02 bits per heavy atom. The third-order valence-corrected chi connectivity index (χ3v) is 6.40. The zero-order chi connectivity index (χ0) is 29.2. The van der Waals surface area contributed by atoms with Crippen molar-refractivity contribution in [2.45, 2.75) is 50.8 Å². The molecule has 0 fully saturated rings. The van der Waals surface area contributed by atoms with Gasteiger partial charge in [0.2, 0.25) is 11.8 Å². The lowest BCUT2D eigenvalue weighted by atomic mass is 9.97. The highest BCUT2D eigenvalue weighted by molar-refractivity contribution is 5.86. The number of aliphatic hydroxyl groups is 1. The van der Waals surface area contributed by atoms with Gasteiger partial charge in [-0.15, -0.1) is 13.2 Å². The van der Waals surface area contributed by atoms with Crippen LogP contribution in [0.25, 0.3) is 0 Å². The molecule has 0 bridgehead atoms. The van der Waals surface area contributed by atoms with E-state index >= 15 is 0 Å². The molecule has 40 heavy (non-hydrogen) atoms. The average molecular weight is 551 g/mol. The summed E-state index contributed by atoms with van der Waals surface area (Å²) >= 11 is 0. The second kappa shape index (κ2) is 18.5. The van der Waals surface area contributed by atoms with Crippen molar-refractivity contribution >= 4 is 17.8 Å². The molecule has 3 atom stereocenters. The lowest BCUT2D eigenvalue weighted by Gasteiger charge is -2.30. The Morgan fingerprint density at radius 2 is 1.70 bits per heavy atom. The summed E-state index contributed by atoms with van der Waals surface area (Å²) in [6, 6.07) is 18.0. The number of benzene rings is 2. The molecule has 0 aromatic heterocycles. The van der Waals surface area contributed by atoms with Crippen molar-refractivity contribution in [1.82, 2.24) is 10.2 Å². The predicted octanol–water partition coefficient (Wildman–Crippen LogP) is 4.36. The summed E-state index contributed by atoms with van der Waals surface area (Å²) in [5.41, 5.74) is 1.64. The largest absolute Gasteiger partial charge is 0.455 e. The molecule has 0 aliphatic rings. The van der Waals surface area contributed by atoms with Crippen molar-refractivity contribution < 1.29 is 29.0 Å². The quantitative estimate of drug-likeness (QED) is 0.153. The van der Waals surface area contributed by atoms with Gasteiger partial charge in [0.05, 0.1) is 25.2 Å². The number of ether oxygens (including phenoxy) is 2. The van der Waals surface area contributed by atoms with E-state index in [0.29, 0.717) is 19.4 Å². The van der Waals surface area contributed by atoms with Crippen LogP contribution < -0.4 is 5.32 Å². The molecule has 8 nitrogen and oxygen atoms in total. The lowest BCUT2D eigenvalue weighted by Crippen LogP contribution is -2.47. The summed E-state index contributed by atoms with van der Waals surface area (Å²) in [5.74, 6) is -1.72. The minimum absolute atomic E-state index is 0.0677. The molecule has 2 aromatic carbocycles. The number of amides is 2. The van der Waals surface area contributed by atoms with Gasteiger partial charge in [-0.05, 0) is 30.4 Å². The lowest BCUT2D eigenvalue weighted by molar-refractivity contribution is -0.153. The number of carbonyl (C=O) groups is 3. The highest BCUT2D eigenvalue weighted by Gasteiger charge is 2.32. The number of unbranched alkanes of at least 4 members (excludes halogenated alkanes) is 1. The van der Waals surface area contributed by atoms with Gasteiger partial charge in [0.25, 0.3) is 0 Å². The molecule has 2 N–H and O–H groups in total. The zero-order valence-corrected chi connectivity index (χ0v) is 23.4. The fraction of sp³-hybridized carbons (Fsp3) is 0.406. The monoisotopic (exact) mass is 550 g/mol. The molecule has 0 saturated carbocycles. The molecule has 0 radical (unpaired) electrons. The van der Waals surface area contributed by atoms with Gasteiger partial charge in [-0.2, -0.15) is 0 Å². The summed E-state index contributed by atoms with van der Waals surface area (Å²) in [5, 5.41) is 12.5. The molecule has 0 saturated heterocycles. The Balaban J connectivity index is 2.21. The van der Waals surface area contributed by atoms with Crippen LogP contribution in [0.3, 0.4) is 0 Å². The maximum atomic E-state index is 13.5. The number of nitrogens with one attached hydrogen (secondary N) is 1. The van der Waals surface area contributed by atoms with Gasteiger partial charge in [0.1, 0.15) is 6.10 Å². The maximum absolute atomic E-state index is 13.5. The minimum atomic E-state index is -0.787. The molecule has 0 spiro atoms. The Bertz CT molecular complexity index is 1060. The van der Waals surface area contributed by atoms with Gasteiger partial charge in [-0.1, -0.05) is 72.8 Å². The molecule has 2 amide bonds. The predicted molar refractivity (Wildman–Crippen MR) is 155 cm³/mol. The van der Waals surface area contributed by atoms with Gasteiger partial charge in [0.15, 0.2) is 0 Å². The van der Waals surface area contributed by atoms with Gasteiger partial charge < -0.3 is 24.8 Å². The molecule has 8 heteroatoms. The molecular weight excluding hydrogens is 508 g/mol. The second-order valence-corrected chi connectivity index (χ2v) is 9.52. The number of aliphatic hydroxyl groups excluding tert-OH is 1. The van der Waals surface area contributed by atoms with E-state index in [4.69, 9.17) is 9.47 Å². The van der Waals surface area contributed by atoms with Crippen molar-refractivity contribution in [3.63, 3.8) is 0 Å². The van der Waals surface area contributed by atoms with Crippen molar-refractivity contribution in [3.8, 4) is 0 Å². The number of hydrogen-bond donors (Lipinski definition) is 2. The Kier molecular flexibility index (Phi) is 15.0. The van der Waals surface area contributed by atoms with Crippen LogP contribution in [-0.2, 0) is 30.4 Å². The van der Waals surface area contributed by atoms with E-state index in [0.717, 1.165) is 11.1 Å². The summed E-state index contributed by atoms with van der Waals surface area (Å²) in [6.45, 7) is 7.83. The van der Waals surface area contributed by atoms with Crippen LogP contribution in [-0.4, -0.2) is 60.7 Å². The first-order valence-electron chi connectivity index (χ1n) is 13.6. The van der Waals surface area contributed by atoms with E-state index in [-0.39, 0.29) is 56.8 Å². The zero-order valence-electron chi connectivity index (χ0n) is 23.4. The summed E-state index contributed by atoms with van der Waals surface area (Å²) in [7, 11) is 1.51. The minimum Gasteiger partial charge on any atom is -0.455 e. The number of carbonyl (C=O) groups excluding carboxylic acids is 3. The van der Waals surface area contributed by atoms with Gasteiger partial charge in [0, 0.05) is 33.0 Å². The molecule has 0 aliphatic carbocycles. The van der Waals surface area contributed by atoms with Crippen LogP contribution in [0.1, 0.15) is 49.3 Å². The smallest absolute Gasteiger partial charge is 0.306 e. The van der Waals surface area contributed by atoms with Crippen LogP contribution in [0, 0.1) is 5.92 Å². The third-order valence-electron chi connectivity index (χ3n) is 6.40. The number of allylic oxidation sites excluding steroid dienone is 2. The summed E-state index contributed by atoms with van der Waals surface area (Å²) in [4.78, 5) is 41.0. The Morgan fingerprint density at radius 3 is 2.30 bits per heavy atom. The maximum Gasteiger partial charge on any atom is 0.306 e. The van der Waals surface area contributed by atoms with Crippen LogP contribution in [0.2, 0.25) is 0 Å². The van der Waals surface area contributed by atoms with Crippen molar-refractivity contribution in [3.05, 3.63) is 97.1 Å². The van der Waals surface area contributed by atoms with Crippen molar-refractivity contribution in [2.75, 3.05) is 26.9 Å². The third kappa shape index (κ3) is 11.2. The number of rotatable bonds is 19. The summed E-state index contributed by atoms with van der Waals surface area (Å²) < 4.78 is 11.3. The first-order valence-corrected chi connectivity index (χ1v) is 13.6. The van der Waals surface area contributed by atoms with E-state index in [2.05, 4.69) is 18.5 Å². The number of hydrogen-bond acceptors (Lipinski definition) is 6. The van der Waals surface area contributed by atoms with Gasteiger partial charge in [-0.25, -0.2) is 0 Å². The van der Waals surface area contributed by atoms with Crippen LogP contribution >= 0.6 is 0 Å². The van der Waals surface area contributed by atoms with E-state index in [1.165, 1.54) is 7.11 Å². The SMILES string of the molecule is C=CCCCC(=O)OC(c1ccccc1)C(COC)NC(=O)C(CC=C)CC(=O)N(CCO)Cc1ccccc1. The van der Waals surface area contributed by atoms with Crippen molar-refractivity contribution in [1.29, 1.82) is 0 Å². The molecule has 2 rings (SSSR count). The highest BCUT2D eigenvalue weighted by atomic mass is 16.5. The Labute approximate surface area is 237 Å². The number of esters is 1. The van der Waals surface area contributed by atoms with Gasteiger partial charge in [-0.3, -0.25) is 14.4 Å². The molecule has 3 unspecified atom stereocenters. The second-order valence-electron chi connectivity index (χ2n) is 9.52. The van der Waals surface area contributed by atoms with Crippen LogP contribution in [0.15, 0.2) is 86.0 Å². The van der Waals surface area contributed by atoms with E-state index < -0.39 is 18.1 Å². The number of nitrogens with zero attached hydrogens (tertiary/aromatic N) is 1. The van der Waals surface area contributed by atoms with E-state index in [1.54, 1.807) is 17.1 Å². The van der Waals surface area contributed by atoms with Gasteiger partial charge >= 0.3 is 5.97 Å². The molecular formula is C32H42N2O6. The van der Waals surface area contributed by atoms with Crippen molar-refractivity contribution in [2.24, 2.45) is 5.92 Å². The molecule has 216 valence electrons. The fourth-order valence-electron chi connectivity index (χ4n) is 4.34. The topological polar surface area (TPSA) is 105 Å². The normalized spacial score (nSPS) is 12.9. The Hall–Kier alpha value is -3.75. The van der Waals surface area contributed by atoms with E-state index in [9.17, 15) is 19.5 Å². The van der Waals surface area contributed by atoms with Crippen LogP contribution in [0.5, 0.6) is 0 Å². The highest BCUT2D eigenvalue weighted by Crippen LogP contribution is 2.24. The molecule has 2 aromatic rings.